The average molecular weight is 718 g/mol. The van der Waals surface area contributed by atoms with Crippen molar-refractivity contribution < 1.29 is 26.3 Å². The third kappa shape index (κ3) is 7.16. The molecule has 15 nitrogen and oxygen atoms in total. The number of fused-ring (bicyclic) bond motifs is 1. The van der Waals surface area contributed by atoms with Gasteiger partial charge in [-0.3, -0.25) is 0 Å². The molecule has 0 radical (unpaired) electrons. The number of ether oxygens (including phenoxy) is 2. The molecule has 50 heavy (non-hydrogen) atoms. The molecule has 0 fully saturated rings. The fraction of sp³-hybridized carbons (Fsp3) is 0.212. The number of rotatable bonds is 14. The van der Waals surface area contributed by atoms with Gasteiger partial charge in [-0.25, -0.2) is 26.5 Å². The Balaban J connectivity index is 1.57. The van der Waals surface area contributed by atoms with E-state index in [0.29, 0.717) is 39.2 Å². The molecule has 6 N–H and O–H groups in total. The average Bonchev–Trinajstić information content (AvgIpc) is 3.75. The zero-order chi connectivity index (χ0) is 35.5. The number of para-hydroxylation sites is 1. The van der Waals surface area contributed by atoms with Gasteiger partial charge in [-0.05, 0) is 71.3 Å². The van der Waals surface area contributed by atoms with E-state index in [2.05, 4.69) is 30.1 Å². The number of sulfone groups is 1. The minimum atomic E-state index is -4.60. The van der Waals surface area contributed by atoms with Gasteiger partial charge in [-0.1, -0.05) is 42.5 Å². The van der Waals surface area contributed by atoms with Gasteiger partial charge in [0.05, 0.1) is 48.0 Å². The molecule has 0 spiro atoms. The molecular formula is C33H35N9O6S2. The van der Waals surface area contributed by atoms with Crippen LogP contribution in [0, 0.1) is 0 Å². The molecule has 6 rings (SSSR count). The summed E-state index contributed by atoms with van der Waals surface area (Å²) >= 11 is 0. The predicted octanol–water partition coefficient (Wildman–Crippen LogP) is 3.13. The fourth-order valence-electron chi connectivity index (χ4n) is 5.47. The number of benzene rings is 4. The lowest BCUT2D eigenvalue weighted by Crippen LogP contribution is -2.27. The largest absolute Gasteiger partial charge is 0.497 e. The van der Waals surface area contributed by atoms with Crippen molar-refractivity contribution in [2.75, 3.05) is 32.3 Å². The van der Waals surface area contributed by atoms with Crippen LogP contribution in [0.15, 0.2) is 88.7 Å². The number of hydrogen-bond donors (Lipinski definition) is 4. The number of anilines is 1. The lowest BCUT2D eigenvalue weighted by molar-refractivity contribution is 0.414. The maximum absolute atomic E-state index is 14.5. The van der Waals surface area contributed by atoms with Crippen molar-refractivity contribution in [1.82, 2.24) is 34.9 Å². The second-order valence-corrected chi connectivity index (χ2v) is 15.0. The van der Waals surface area contributed by atoms with Crippen LogP contribution in [0.4, 0.5) is 5.95 Å². The molecule has 0 aliphatic carbocycles. The highest BCUT2D eigenvalue weighted by molar-refractivity contribution is 7.93. The van der Waals surface area contributed by atoms with E-state index in [1.54, 1.807) is 61.7 Å². The number of nitrogens with one attached hydrogen (secondary N) is 2. The molecule has 6 aromatic rings. The van der Waals surface area contributed by atoms with Crippen molar-refractivity contribution in [3.05, 3.63) is 90.0 Å². The van der Waals surface area contributed by atoms with Crippen molar-refractivity contribution >= 4 is 36.8 Å². The standard InChI is InChI=1S/C33H35N9O6S2/c1-47-23-11-7-21(8-12-23)19-36-50(45,46)31-28(49(43,44)18-4-17-34)16-15-25(26-5-3-6-27-30(26)38-33(35)37-27)29(31)32-39-41-42(40-32)20-22-9-13-24(48-2)14-10-22/h3,5-16,36H,4,17-20,34H2,1-2H3,(H3,35,37,38). The van der Waals surface area contributed by atoms with E-state index >= 15 is 0 Å². The van der Waals surface area contributed by atoms with Crippen molar-refractivity contribution in [2.45, 2.75) is 29.3 Å². The van der Waals surface area contributed by atoms with Crippen LogP contribution >= 0.6 is 0 Å². The van der Waals surface area contributed by atoms with Gasteiger partial charge in [0, 0.05) is 12.1 Å². The van der Waals surface area contributed by atoms with E-state index in [-0.39, 0.29) is 49.1 Å². The first-order chi connectivity index (χ1) is 24.0. The smallest absolute Gasteiger partial charge is 0.242 e. The van der Waals surface area contributed by atoms with Crippen LogP contribution in [0.5, 0.6) is 11.5 Å². The highest BCUT2D eigenvalue weighted by Gasteiger charge is 2.34. The number of nitrogens with two attached hydrogens (primary N) is 2. The fourth-order valence-corrected chi connectivity index (χ4v) is 8.91. The predicted molar refractivity (Wildman–Crippen MR) is 188 cm³/mol. The summed E-state index contributed by atoms with van der Waals surface area (Å²) in [6.07, 6.45) is 0.111. The number of nitrogen functional groups attached to an aromatic ring is 1. The van der Waals surface area contributed by atoms with Crippen molar-refractivity contribution in [3.63, 3.8) is 0 Å². The maximum Gasteiger partial charge on any atom is 0.242 e. The van der Waals surface area contributed by atoms with Crippen LogP contribution < -0.4 is 25.7 Å². The molecule has 2 heterocycles. The van der Waals surface area contributed by atoms with Gasteiger partial charge in [0.25, 0.3) is 0 Å². The van der Waals surface area contributed by atoms with Crippen molar-refractivity contribution in [2.24, 2.45) is 5.73 Å². The molecule has 0 unspecified atom stereocenters. The Bertz CT molecular complexity index is 2360. The molecule has 0 aliphatic rings. The summed E-state index contributed by atoms with van der Waals surface area (Å²) in [5, 5.41) is 13.1. The molecule has 0 amide bonds. The zero-order valence-electron chi connectivity index (χ0n) is 27.2. The van der Waals surface area contributed by atoms with Crippen LogP contribution in [-0.2, 0) is 33.0 Å². The topological polar surface area (TPSA) is 223 Å². The number of H-pyrrole nitrogens is 1. The van der Waals surface area contributed by atoms with Gasteiger partial charge in [0.15, 0.2) is 15.8 Å². The summed E-state index contributed by atoms with van der Waals surface area (Å²) in [6, 6.07) is 22.1. The Morgan fingerprint density at radius 3 is 2.20 bits per heavy atom. The van der Waals surface area contributed by atoms with E-state index < -0.39 is 29.7 Å². The van der Waals surface area contributed by atoms with Crippen LogP contribution in [0.25, 0.3) is 33.5 Å². The van der Waals surface area contributed by atoms with E-state index in [4.69, 9.17) is 20.9 Å². The molecule has 4 aromatic carbocycles. The highest BCUT2D eigenvalue weighted by Crippen LogP contribution is 2.41. The first-order valence-electron chi connectivity index (χ1n) is 15.4. The second-order valence-electron chi connectivity index (χ2n) is 11.3. The van der Waals surface area contributed by atoms with Crippen molar-refractivity contribution in [3.8, 4) is 34.0 Å². The molecule has 2 aromatic heterocycles. The van der Waals surface area contributed by atoms with Crippen LogP contribution in [-0.4, -0.2) is 73.5 Å². The second kappa shape index (κ2) is 14.2. The molecule has 260 valence electrons. The number of tetrazole rings is 1. The quantitative estimate of drug-likeness (QED) is 0.128. The number of aromatic nitrogens is 6. The number of methoxy groups -OCH3 is 2. The Morgan fingerprint density at radius 2 is 1.54 bits per heavy atom. The van der Waals surface area contributed by atoms with Crippen LogP contribution in [0.1, 0.15) is 17.5 Å². The summed E-state index contributed by atoms with van der Waals surface area (Å²) in [4.78, 5) is 7.77. The van der Waals surface area contributed by atoms with Crippen LogP contribution in [0.3, 0.4) is 0 Å². The molecule has 0 saturated heterocycles. The minimum Gasteiger partial charge on any atom is -0.497 e. The SMILES string of the molecule is COc1ccc(CNS(=O)(=O)c2c(S(=O)(=O)CCCN)ccc(-c3cccc4[nH]c(N)nc34)c2-c2nnn(Cc3ccc(OC)cc3)n2)cc1. The summed E-state index contributed by atoms with van der Waals surface area (Å²) in [6.45, 7) is 0.122. The normalized spacial score (nSPS) is 12.0. The number of imidazole rings is 1. The molecule has 0 atom stereocenters. The third-order valence-corrected chi connectivity index (χ3v) is 11.4. The van der Waals surface area contributed by atoms with Gasteiger partial charge in [-0.2, -0.15) is 4.80 Å². The third-order valence-electron chi connectivity index (χ3n) is 7.95. The lowest BCUT2D eigenvalue weighted by atomic mass is 9.98. The summed E-state index contributed by atoms with van der Waals surface area (Å²) in [5.41, 5.74) is 14.8. The number of aromatic amines is 1. The zero-order valence-corrected chi connectivity index (χ0v) is 28.8. The first-order valence-corrected chi connectivity index (χ1v) is 18.5. The molecule has 0 aliphatic heterocycles. The minimum absolute atomic E-state index is 0.0730. The van der Waals surface area contributed by atoms with Crippen LogP contribution in [0.2, 0.25) is 0 Å². The van der Waals surface area contributed by atoms with Gasteiger partial charge in [0.1, 0.15) is 16.4 Å². The Labute approximate surface area is 288 Å². The van der Waals surface area contributed by atoms with Gasteiger partial charge < -0.3 is 25.9 Å². The molecule has 0 saturated carbocycles. The van der Waals surface area contributed by atoms with E-state index in [9.17, 15) is 16.8 Å². The molecule has 0 bridgehead atoms. The molecule has 17 heteroatoms. The first kappa shape index (κ1) is 34.5. The van der Waals surface area contributed by atoms with Gasteiger partial charge in [0.2, 0.25) is 15.8 Å². The summed E-state index contributed by atoms with van der Waals surface area (Å²) in [7, 11) is -5.71. The van der Waals surface area contributed by atoms with E-state index in [0.717, 1.165) is 5.56 Å². The lowest BCUT2D eigenvalue weighted by Gasteiger charge is -2.18. The monoisotopic (exact) mass is 717 g/mol. The van der Waals surface area contributed by atoms with E-state index in [1.165, 1.54) is 24.0 Å². The summed E-state index contributed by atoms with van der Waals surface area (Å²) in [5.74, 6) is 0.911. The molecular weight excluding hydrogens is 683 g/mol. The van der Waals surface area contributed by atoms with Crippen molar-refractivity contribution in [1.29, 1.82) is 0 Å². The van der Waals surface area contributed by atoms with Gasteiger partial charge in [-0.15, -0.1) is 10.2 Å². The number of hydrogen-bond acceptors (Lipinski definition) is 12. The Kier molecular flexibility index (Phi) is 9.83. The highest BCUT2D eigenvalue weighted by atomic mass is 32.2. The Morgan fingerprint density at radius 1 is 0.860 bits per heavy atom. The van der Waals surface area contributed by atoms with E-state index in [1.807, 2.05) is 12.1 Å². The Hall–Kier alpha value is -5.36. The number of nitrogens with zero attached hydrogens (tertiary/aromatic N) is 5. The van der Waals surface area contributed by atoms with Gasteiger partial charge >= 0.3 is 0 Å². The maximum atomic E-state index is 14.5. The number of sulfonamides is 1. The summed E-state index contributed by atoms with van der Waals surface area (Å²) < 4.78 is 69.8.